The van der Waals surface area contributed by atoms with Crippen molar-refractivity contribution in [2.75, 3.05) is 0 Å². The first-order valence-electron chi connectivity index (χ1n) is 6.87. The van der Waals surface area contributed by atoms with Crippen LogP contribution in [0.1, 0.15) is 29.0 Å². The van der Waals surface area contributed by atoms with Crippen LogP contribution in [0.25, 0.3) is 0 Å². The Labute approximate surface area is 120 Å². The summed E-state index contributed by atoms with van der Waals surface area (Å²) in [6.45, 7) is 4.12. The van der Waals surface area contributed by atoms with E-state index in [0.29, 0.717) is 4.90 Å². The van der Waals surface area contributed by atoms with Crippen molar-refractivity contribution in [3.63, 3.8) is 0 Å². The third-order valence-electron chi connectivity index (χ3n) is 4.12. The minimum absolute atomic E-state index is 0.154. The molecule has 1 saturated carbocycles. The molecule has 0 radical (unpaired) electrons. The van der Waals surface area contributed by atoms with Crippen LogP contribution >= 0.6 is 0 Å². The van der Waals surface area contributed by atoms with Crippen molar-refractivity contribution >= 4 is 9.84 Å². The van der Waals surface area contributed by atoms with Crippen LogP contribution in [0.3, 0.4) is 0 Å². The molecule has 2 aromatic rings. The molecule has 2 aromatic carbocycles. The molecule has 0 amide bonds. The summed E-state index contributed by atoms with van der Waals surface area (Å²) in [4.78, 5) is 0.443. The molecule has 0 bridgehead atoms. The molecule has 1 fully saturated rings. The number of hydrogen-bond acceptors (Lipinski definition) is 2. The predicted molar refractivity (Wildman–Crippen MR) is 80.7 cm³/mol. The van der Waals surface area contributed by atoms with Gasteiger partial charge in [-0.2, -0.15) is 0 Å². The first-order valence-corrected chi connectivity index (χ1v) is 8.41. The molecule has 0 unspecified atom stereocenters. The molecule has 0 aliphatic heterocycles. The minimum Gasteiger partial charge on any atom is -0.223 e. The fourth-order valence-electron chi connectivity index (χ4n) is 3.02. The molecule has 0 saturated heterocycles. The molecule has 0 spiro atoms. The van der Waals surface area contributed by atoms with Crippen LogP contribution in [0.2, 0.25) is 0 Å². The van der Waals surface area contributed by atoms with Crippen molar-refractivity contribution < 1.29 is 8.42 Å². The Morgan fingerprint density at radius 3 is 2.10 bits per heavy atom. The van der Waals surface area contributed by atoms with Gasteiger partial charge in [0.05, 0.1) is 10.1 Å². The van der Waals surface area contributed by atoms with Crippen molar-refractivity contribution in [1.29, 1.82) is 0 Å². The van der Waals surface area contributed by atoms with Crippen LogP contribution in [0.15, 0.2) is 53.4 Å². The van der Waals surface area contributed by atoms with Crippen LogP contribution in [0, 0.1) is 13.8 Å². The van der Waals surface area contributed by atoms with Gasteiger partial charge in [-0.3, -0.25) is 0 Å². The van der Waals surface area contributed by atoms with E-state index in [0.717, 1.165) is 6.42 Å². The van der Waals surface area contributed by atoms with Gasteiger partial charge in [-0.25, -0.2) is 8.42 Å². The van der Waals surface area contributed by atoms with Crippen molar-refractivity contribution in [1.82, 2.24) is 0 Å². The highest BCUT2D eigenvalue weighted by atomic mass is 32.2. The van der Waals surface area contributed by atoms with E-state index in [1.165, 1.54) is 16.7 Å². The normalized spacial score (nSPS) is 21.7. The minimum atomic E-state index is -3.20. The van der Waals surface area contributed by atoms with Crippen molar-refractivity contribution in [3.05, 3.63) is 65.2 Å². The molecule has 0 heterocycles. The summed E-state index contributed by atoms with van der Waals surface area (Å²) < 4.78 is 25.2. The molecule has 20 heavy (non-hydrogen) atoms. The molecule has 3 rings (SSSR count). The van der Waals surface area contributed by atoms with Gasteiger partial charge < -0.3 is 0 Å². The smallest absolute Gasteiger partial charge is 0.181 e. The Bertz CT molecular complexity index is 713. The van der Waals surface area contributed by atoms with E-state index in [4.69, 9.17) is 0 Å². The molecule has 2 atom stereocenters. The van der Waals surface area contributed by atoms with E-state index < -0.39 is 9.84 Å². The number of benzene rings is 2. The third kappa shape index (κ3) is 2.16. The maximum atomic E-state index is 12.6. The highest BCUT2D eigenvalue weighted by Crippen LogP contribution is 2.49. The van der Waals surface area contributed by atoms with Gasteiger partial charge in [-0.1, -0.05) is 36.4 Å². The van der Waals surface area contributed by atoms with Crippen LogP contribution < -0.4 is 0 Å². The molecule has 2 nitrogen and oxygen atoms in total. The van der Waals surface area contributed by atoms with Crippen LogP contribution in [-0.2, 0) is 9.84 Å². The Morgan fingerprint density at radius 1 is 0.900 bits per heavy atom. The zero-order valence-corrected chi connectivity index (χ0v) is 12.5. The molecule has 0 N–H and O–H groups in total. The second-order valence-corrected chi connectivity index (χ2v) is 7.71. The summed E-state index contributed by atoms with van der Waals surface area (Å²) in [5.41, 5.74) is 3.61. The maximum Gasteiger partial charge on any atom is 0.181 e. The number of rotatable bonds is 3. The Morgan fingerprint density at radius 2 is 1.50 bits per heavy atom. The highest BCUT2D eigenvalue weighted by Gasteiger charge is 2.49. The van der Waals surface area contributed by atoms with Crippen LogP contribution in [-0.4, -0.2) is 13.7 Å². The Balaban J connectivity index is 1.94. The van der Waals surface area contributed by atoms with Gasteiger partial charge in [-0.05, 0) is 49.1 Å². The summed E-state index contributed by atoms with van der Waals surface area (Å²) >= 11 is 0. The van der Waals surface area contributed by atoms with Crippen LogP contribution in [0.5, 0.6) is 0 Å². The van der Waals surface area contributed by atoms with E-state index >= 15 is 0 Å². The van der Waals surface area contributed by atoms with Gasteiger partial charge in [0.1, 0.15) is 0 Å². The van der Waals surface area contributed by atoms with E-state index in [9.17, 15) is 8.42 Å². The lowest BCUT2D eigenvalue weighted by atomic mass is 9.99. The molecule has 3 heteroatoms. The number of hydrogen-bond donors (Lipinski definition) is 0. The molecule has 104 valence electrons. The van der Waals surface area contributed by atoms with Gasteiger partial charge in [0.2, 0.25) is 0 Å². The highest BCUT2D eigenvalue weighted by molar-refractivity contribution is 7.92. The standard InChI is InChI=1S/C17H18O2S/c1-12-7-6-8-13(2)17(12)15-11-16(15)20(18,19)14-9-4-3-5-10-14/h3-10,15-16H,11H2,1-2H3/t15-,16-/m1/s1. The fraction of sp³-hybridized carbons (Fsp3) is 0.294. The van der Waals surface area contributed by atoms with Crippen molar-refractivity contribution in [2.45, 2.75) is 36.3 Å². The first kappa shape index (κ1) is 13.4. The second kappa shape index (κ2) is 4.74. The zero-order valence-electron chi connectivity index (χ0n) is 11.7. The van der Waals surface area contributed by atoms with Gasteiger partial charge in [0.15, 0.2) is 9.84 Å². The van der Waals surface area contributed by atoms with E-state index in [1.807, 2.05) is 12.1 Å². The number of sulfone groups is 1. The van der Waals surface area contributed by atoms with E-state index in [-0.39, 0.29) is 11.2 Å². The van der Waals surface area contributed by atoms with Crippen molar-refractivity contribution in [3.8, 4) is 0 Å². The monoisotopic (exact) mass is 286 g/mol. The lowest BCUT2D eigenvalue weighted by Gasteiger charge is -2.09. The van der Waals surface area contributed by atoms with Gasteiger partial charge in [0, 0.05) is 5.92 Å². The molecule has 1 aliphatic rings. The Hall–Kier alpha value is -1.61. The van der Waals surface area contributed by atoms with Gasteiger partial charge in [0.25, 0.3) is 0 Å². The fourth-order valence-corrected chi connectivity index (χ4v) is 4.93. The Kier molecular flexibility index (Phi) is 3.17. The zero-order chi connectivity index (χ0) is 14.3. The summed E-state index contributed by atoms with van der Waals surface area (Å²) in [6, 6.07) is 14.9. The summed E-state index contributed by atoms with van der Waals surface area (Å²) in [6.07, 6.45) is 0.739. The quantitative estimate of drug-likeness (QED) is 0.863. The second-order valence-electron chi connectivity index (χ2n) is 5.54. The SMILES string of the molecule is Cc1cccc(C)c1[C@@H]1C[C@H]1S(=O)(=O)c1ccccc1. The van der Waals surface area contributed by atoms with E-state index in [1.54, 1.807) is 24.3 Å². The molecular weight excluding hydrogens is 268 g/mol. The van der Waals surface area contributed by atoms with Gasteiger partial charge in [-0.15, -0.1) is 0 Å². The maximum absolute atomic E-state index is 12.6. The summed E-state index contributed by atoms with van der Waals surface area (Å²) in [5.74, 6) is 0.154. The predicted octanol–water partition coefficient (Wildman–Crippen LogP) is 3.63. The molecule has 1 aliphatic carbocycles. The first-order chi connectivity index (χ1) is 9.51. The lowest BCUT2D eigenvalue weighted by Crippen LogP contribution is -2.09. The molecular formula is C17H18O2S. The largest absolute Gasteiger partial charge is 0.223 e. The topological polar surface area (TPSA) is 34.1 Å². The van der Waals surface area contributed by atoms with E-state index in [2.05, 4.69) is 26.0 Å². The number of aryl methyl sites for hydroxylation is 2. The summed E-state index contributed by atoms with van der Waals surface area (Å²) in [5, 5.41) is -0.260. The van der Waals surface area contributed by atoms with Crippen molar-refractivity contribution in [2.24, 2.45) is 0 Å². The van der Waals surface area contributed by atoms with Gasteiger partial charge >= 0.3 is 0 Å². The lowest BCUT2D eigenvalue weighted by molar-refractivity contribution is 0.594. The molecule has 0 aromatic heterocycles. The average Bonchev–Trinajstić information content (AvgIpc) is 3.20. The van der Waals surface area contributed by atoms with Crippen LogP contribution in [0.4, 0.5) is 0 Å². The average molecular weight is 286 g/mol. The third-order valence-corrected chi connectivity index (χ3v) is 6.36. The summed E-state index contributed by atoms with van der Waals surface area (Å²) in [7, 11) is -3.20.